The highest BCUT2D eigenvalue weighted by Gasteiger charge is 2.29. The van der Waals surface area contributed by atoms with Crippen LogP contribution in [0.4, 0.5) is 0 Å². The second-order valence-corrected chi connectivity index (χ2v) is 17.4. The molecule has 0 aliphatic carbocycles. The average Bonchev–Trinajstić information content (AvgIpc) is 2.33. The Morgan fingerprint density at radius 3 is 1.82 bits per heavy atom. The van der Waals surface area contributed by atoms with Crippen LogP contribution in [0.15, 0.2) is 12.2 Å². The summed E-state index contributed by atoms with van der Waals surface area (Å²) in [6.45, 7) is 20.8. The van der Waals surface area contributed by atoms with Crippen molar-refractivity contribution in [1.29, 1.82) is 0 Å². The lowest BCUT2D eigenvalue weighted by atomic mass is 10.3. The SMILES string of the molecule is C=C(C)C(=O)NC(CC)[SiH](O[SiH2]C(C)(C)C)O[SiH2]C(C)(C)C. The van der Waals surface area contributed by atoms with Crippen molar-refractivity contribution >= 4 is 34.7 Å². The molecule has 0 spiro atoms. The van der Waals surface area contributed by atoms with Crippen LogP contribution in [0.3, 0.4) is 0 Å². The number of carbonyl (C=O) groups is 1. The third-order valence-corrected chi connectivity index (χ3v) is 9.82. The topological polar surface area (TPSA) is 47.6 Å². The zero-order chi connectivity index (χ0) is 17.6. The Labute approximate surface area is 143 Å². The molecule has 0 radical (unpaired) electrons. The van der Waals surface area contributed by atoms with E-state index in [2.05, 4.69) is 60.4 Å². The smallest absolute Gasteiger partial charge is 0.323 e. The number of hydrogen-bond acceptors (Lipinski definition) is 3. The Balaban J connectivity index is 4.90. The molecule has 0 heterocycles. The molecule has 0 saturated heterocycles. The van der Waals surface area contributed by atoms with E-state index in [1.165, 1.54) is 0 Å². The van der Waals surface area contributed by atoms with Crippen LogP contribution in [0.2, 0.25) is 10.1 Å². The van der Waals surface area contributed by atoms with Gasteiger partial charge in [-0.15, -0.1) is 0 Å². The van der Waals surface area contributed by atoms with Gasteiger partial charge in [0.2, 0.25) is 5.91 Å². The molecular formula is C15H35NO3Si3. The van der Waals surface area contributed by atoms with Crippen molar-refractivity contribution in [2.24, 2.45) is 0 Å². The molecular weight excluding hydrogens is 326 g/mol. The highest BCUT2D eigenvalue weighted by molar-refractivity contribution is 6.61. The van der Waals surface area contributed by atoms with Crippen LogP contribution in [-0.2, 0) is 13.0 Å². The molecule has 4 nitrogen and oxygen atoms in total. The first kappa shape index (κ1) is 21.8. The molecule has 7 heteroatoms. The van der Waals surface area contributed by atoms with Gasteiger partial charge in [0.15, 0.2) is 19.5 Å². The number of carbonyl (C=O) groups excluding carboxylic acids is 1. The summed E-state index contributed by atoms with van der Waals surface area (Å²) in [5.74, 6) is -0.0913. The quantitative estimate of drug-likeness (QED) is 0.530. The first-order valence-corrected chi connectivity index (χ1v) is 12.2. The second-order valence-electron chi connectivity index (χ2n) is 8.38. The van der Waals surface area contributed by atoms with Crippen LogP contribution in [-0.4, -0.2) is 40.4 Å². The van der Waals surface area contributed by atoms with E-state index in [0.29, 0.717) is 5.57 Å². The molecule has 1 unspecified atom stereocenters. The van der Waals surface area contributed by atoms with E-state index in [4.69, 9.17) is 8.23 Å². The minimum absolute atomic E-state index is 0.0221. The lowest BCUT2D eigenvalue weighted by molar-refractivity contribution is -0.117. The predicted molar refractivity (Wildman–Crippen MR) is 103 cm³/mol. The van der Waals surface area contributed by atoms with Crippen molar-refractivity contribution in [1.82, 2.24) is 5.32 Å². The van der Waals surface area contributed by atoms with Crippen LogP contribution in [0, 0.1) is 0 Å². The number of amides is 1. The summed E-state index contributed by atoms with van der Waals surface area (Å²) in [6, 6.07) is 0. The summed E-state index contributed by atoms with van der Waals surface area (Å²) < 4.78 is 12.6. The fourth-order valence-corrected chi connectivity index (χ4v) is 10.7. The van der Waals surface area contributed by atoms with Crippen molar-refractivity contribution in [2.45, 2.75) is 77.6 Å². The largest absolute Gasteiger partial charge is 0.442 e. The molecule has 0 saturated carbocycles. The molecule has 0 fully saturated rings. The summed E-state index contributed by atoms with van der Waals surface area (Å²) in [7, 11) is -3.26. The second kappa shape index (κ2) is 9.17. The summed E-state index contributed by atoms with van der Waals surface area (Å²) in [6.07, 6.45) is 0.840. The fourth-order valence-electron chi connectivity index (χ4n) is 1.60. The maximum Gasteiger partial charge on any atom is 0.323 e. The van der Waals surface area contributed by atoms with E-state index in [0.717, 1.165) is 6.42 Å². The van der Waals surface area contributed by atoms with Gasteiger partial charge in [0.05, 0.1) is 5.67 Å². The molecule has 130 valence electrons. The highest BCUT2D eigenvalue weighted by atomic mass is 28.4. The van der Waals surface area contributed by atoms with E-state index < -0.39 is 28.8 Å². The van der Waals surface area contributed by atoms with Crippen molar-refractivity contribution in [3.8, 4) is 0 Å². The van der Waals surface area contributed by atoms with Gasteiger partial charge in [-0.05, 0) is 23.4 Å². The van der Waals surface area contributed by atoms with Gasteiger partial charge >= 0.3 is 9.28 Å². The lowest BCUT2D eigenvalue weighted by Gasteiger charge is -2.31. The van der Waals surface area contributed by atoms with Crippen LogP contribution < -0.4 is 5.32 Å². The molecule has 0 rings (SSSR count). The summed E-state index contributed by atoms with van der Waals surface area (Å²) in [5.41, 5.74) is 0.557. The minimum Gasteiger partial charge on any atom is -0.442 e. The Morgan fingerprint density at radius 1 is 1.14 bits per heavy atom. The van der Waals surface area contributed by atoms with E-state index in [-0.39, 0.29) is 21.6 Å². The number of nitrogens with one attached hydrogen (secondary N) is 1. The van der Waals surface area contributed by atoms with Gasteiger partial charge in [-0.25, -0.2) is 0 Å². The van der Waals surface area contributed by atoms with E-state index in [1.54, 1.807) is 6.92 Å². The molecule has 1 N–H and O–H groups in total. The van der Waals surface area contributed by atoms with E-state index in [1.807, 2.05) is 0 Å². The first-order chi connectivity index (χ1) is 9.85. The summed E-state index contributed by atoms with van der Waals surface area (Å²) in [4.78, 5) is 11.9. The third kappa shape index (κ3) is 10.5. The predicted octanol–water partition coefficient (Wildman–Crippen LogP) is 1.85. The van der Waals surface area contributed by atoms with Crippen molar-refractivity contribution in [3.05, 3.63) is 12.2 Å². The van der Waals surface area contributed by atoms with Gasteiger partial charge in [-0.1, -0.05) is 55.0 Å². The molecule has 0 aliphatic heterocycles. The third-order valence-electron chi connectivity index (χ3n) is 2.83. The first-order valence-electron chi connectivity index (χ1n) is 8.05. The van der Waals surface area contributed by atoms with Gasteiger partial charge in [-0.2, -0.15) is 0 Å². The Kier molecular flexibility index (Phi) is 9.08. The normalized spacial score (nSPS) is 16.4. The van der Waals surface area contributed by atoms with Crippen LogP contribution in [0.1, 0.15) is 61.8 Å². The number of hydrogen-bond donors (Lipinski definition) is 1. The van der Waals surface area contributed by atoms with Gasteiger partial charge in [-0.3, -0.25) is 4.79 Å². The van der Waals surface area contributed by atoms with Gasteiger partial charge in [0, 0.05) is 5.57 Å². The van der Waals surface area contributed by atoms with Gasteiger partial charge in [0.25, 0.3) is 0 Å². The fraction of sp³-hybridized carbons (Fsp3) is 0.800. The molecule has 22 heavy (non-hydrogen) atoms. The number of rotatable bonds is 8. The molecule has 0 aromatic carbocycles. The Hall–Kier alpha value is -0.219. The highest BCUT2D eigenvalue weighted by Crippen LogP contribution is 2.23. The standard InChI is InChI=1S/C15H35NO3Si3/c1-10-12(16-13(17)11(2)3)22(18-20-14(4,5)6)19-21-15(7,8)9/h12,22H,2,10,20-21H2,1,3-9H3,(H,16,17). The maximum absolute atomic E-state index is 11.9. The van der Waals surface area contributed by atoms with Gasteiger partial charge < -0.3 is 13.5 Å². The lowest BCUT2D eigenvalue weighted by Crippen LogP contribution is -2.51. The van der Waals surface area contributed by atoms with Gasteiger partial charge in [0.1, 0.15) is 0 Å². The van der Waals surface area contributed by atoms with Crippen LogP contribution >= 0.6 is 0 Å². The molecule has 0 aromatic rings. The molecule has 0 aromatic heterocycles. The Bertz CT molecular complexity index is 357. The zero-order valence-corrected chi connectivity index (χ0v) is 19.7. The summed E-state index contributed by atoms with van der Waals surface area (Å²) >= 11 is 0. The molecule has 1 atom stereocenters. The van der Waals surface area contributed by atoms with Crippen LogP contribution in [0.5, 0.6) is 0 Å². The summed E-state index contributed by atoms with van der Waals surface area (Å²) in [5, 5.41) is 3.52. The molecule has 0 bridgehead atoms. The van der Waals surface area contributed by atoms with Crippen molar-refractivity contribution in [3.63, 3.8) is 0 Å². The van der Waals surface area contributed by atoms with Crippen molar-refractivity contribution < 1.29 is 13.0 Å². The van der Waals surface area contributed by atoms with Crippen LogP contribution in [0.25, 0.3) is 0 Å². The maximum atomic E-state index is 11.9. The molecule has 1 amide bonds. The zero-order valence-electron chi connectivity index (χ0n) is 15.7. The monoisotopic (exact) mass is 361 g/mol. The van der Waals surface area contributed by atoms with Crippen molar-refractivity contribution in [2.75, 3.05) is 0 Å². The molecule has 0 aliphatic rings. The Morgan fingerprint density at radius 2 is 1.55 bits per heavy atom. The van der Waals surface area contributed by atoms with E-state index >= 15 is 0 Å². The average molecular weight is 362 g/mol. The van der Waals surface area contributed by atoms with E-state index in [9.17, 15) is 4.79 Å². The minimum atomic E-state index is -1.90.